The molecule has 0 aliphatic heterocycles. The molecule has 1 amide bonds. The molecule has 30 heavy (non-hydrogen) atoms. The standard InChI is InChI=1S/C23H20ClNO4S/c24-18-12-5-4-9-17(18)14-25(21(26)16-10-6-11-16)19-13-20(15-7-2-1-3-8-15)30-22(19)29-23(27)28/h1-5,7-9,12-13,16H,6,10-11,14H2,(H,27,28). The maximum atomic E-state index is 13.3. The van der Waals surface area contributed by atoms with Gasteiger partial charge in [0.25, 0.3) is 0 Å². The van der Waals surface area contributed by atoms with E-state index in [2.05, 4.69) is 0 Å². The van der Waals surface area contributed by atoms with Crippen molar-refractivity contribution >= 4 is 40.7 Å². The van der Waals surface area contributed by atoms with Gasteiger partial charge in [-0.1, -0.05) is 77.9 Å². The van der Waals surface area contributed by atoms with E-state index in [0.717, 1.165) is 35.3 Å². The summed E-state index contributed by atoms with van der Waals surface area (Å²) in [5.74, 6) is -0.0981. The monoisotopic (exact) mass is 441 g/mol. The molecule has 1 N–H and O–H groups in total. The zero-order valence-electron chi connectivity index (χ0n) is 16.1. The number of carbonyl (C=O) groups excluding carboxylic acids is 1. The smallest absolute Gasteiger partial charge is 0.449 e. The van der Waals surface area contributed by atoms with Crippen LogP contribution in [0.3, 0.4) is 0 Å². The van der Waals surface area contributed by atoms with Gasteiger partial charge in [0, 0.05) is 15.8 Å². The lowest BCUT2D eigenvalue weighted by Gasteiger charge is -2.31. The Morgan fingerprint density at radius 3 is 2.43 bits per heavy atom. The molecule has 0 atom stereocenters. The van der Waals surface area contributed by atoms with E-state index >= 15 is 0 Å². The Morgan fingerprint density at radius 1 is 1.10 bits per heavy atom. The van der Waals surface area contributed by atoms with Gasteiger partial charge < -0.3 is 14.7 Å². The highest BCUT2D eigenvalue weighted by molar-refractivity contribution is 7.18. The Balaban J connectivity index is 1.78. The first-order chi connectivity index (χ1) is 14.5. The molecular weight excluding hydrogens is 422 g/mol. The second kappa shape index (κ2) is 8.90. The number of carboxylic acid groups (broad SMARTS) is 1. The number of hydrogen-bond acceptors (Lipinski definition) is 4. The largest absolute Gasteiger partial charge is 0.512 e. The SMILES string of the molecule is O=C(O)Oc1sc(-c2ccccc2)cc1N(Cc1ccccc1Cl)C(=O)C1CCC1. The summed E-state index contributed by atoms with van der Waals surface area (Å²) < 4.78 is 5.09. The van der Waals surface area contributed by atoms with Gasteiger partial charge >= 0.3 is 6.16 Å². The number of ether oxygens (including phenoxy) is 1. The van der Waals surface area contributed by atoms with Crippen molar-refractivity contribution in [1.82, 2.24) is 0 Å². The average molecular weight is 442 g/mol. The Hall–Kier alpha value is -2.83. The molecule has 7 heteroatoms. The summed E-state index contributed by atoms with van der Waals surface area (Å²) in [6, 6.07) is 18.8. The number of carbonyl (C=O) groups is 2. The number of anilines is 1. The van der Waals surface area contributed by atoms with Gasteiger partial charge in [0.2, 0.25) is 11.0 Å². The van der Waals surface area contributed by atoms with Gasteiger partial charge in [0.15, 0.2) is 0 Å². The lowest BCUT2D eigenvalue weighted by atomic mass is 9.84. The molecule has 1 aliphatic rings. The summed E-state index contributed by atoms with van der Waals surface area (Å²) in [6.45, 7) is 0.246. The lowest BCUT2D eigenvalue weighted by molar-refractivity contribution is -0.124. The van der Waals surface area contributed by atoms with Crippen LogP contribution in [0.4, 0.5) is 10.5 Å². The highest BCUT2D eigenvalue weighted by atomic mass is 35.5. The predicted molar refractivity (Wildman–Crippen MR) is 118 cm³/mol. The summed E-state index contributed by atoms with van der Waals surface area (Å²) in [7, 11) is 0. The van der Waals surface area contributed by atoms with Crippen LogP contribution in [0.5, 0.6) is 5.06 Å². The summed E-state index contributed by atoms with van der Waals surface area (Å²) in [5.41, 5.74) is 2.18. The fourth-order valence-electron chi connectivity index (χ4n) is 3.40. The molecule has 1 aliphatic carbocycles. The first-order valence-electron chi connectivity index (χ1n) is 9.67. The number of hydrogen-bond donors (Lipinski definition) is 1. The van der Waals surface area contributed by atoms with Gasteiger partial charge in [-0.25, -0.2) is 4.79 Å². The van der Waals surface area contributed by atoms with Crippen molar-refractivity contribution in [2.24, 2.45) is 5.92 Å². The molecule has 0 unspecified atom stereocenters. The Labute approximate surface area is 183 Å². The van der Waals surface area contributed by atoms with E-state index in [1.54, 1.807) is 11.0 Å². The molecule has 1 aromatic heterocycles. The molecule has 0 saturated heterocycles. The molecule has 154 valence electrons. The molecule has 0 radical (unpaired) electrons. The van der Waals surface area contributed by atoms with E-state index in [0.29, 0.717) is 10.7 Å². The second-order valence-corrected chi connectivity index (χ2v) is 8.58. The van der Waals surface area contributed by atoms with Crippen molar-refractivity contribution in [2.45, 2.75) is 25.8 Å². The average Bonchev–Trinajstić information content (AvgIpc) is 3.09. The predicted octanol–water partition coefficient (Wildman–Crippen LogP) is 6.46. The van der Waals surface area contributed by atoms with Gasteiger partial charge in [-0.2, -0.15) is 0 Å². The first-order valence-corrected chi connectivity index (χ1v) is 10.9. The van der Waals surface area contributed by atoms with Crippen molar-refractivity contribution in [1.29, 1.82) is 0 Å². The Bertz CT molecular complexity index is 1060. The van der Waals surface area contributed by atoms with Crippen LogP contribution in [0, 0.1) is 5.92 Å². The normalized spacial score (nSPS) is 13.5. The van der Waals surface area contributed by atoms with Crippen LogP contribution < -0.4 is 9.64 Å². The summed E-state index contributed by atoms with van der Waals surface area (Å²) in [5, 5.41) is 9.99. The van der Waals surface area contributed by atoms with Gasteiger partial charge in [-0.05, 0) is 36.1 Å². The third kappa shape index (κ3) is 4.35. The molecule has 5 nitrogen and oxygen atoms in total. The van der Waals surface area contributed by atoms with E-state index in [4.69, 9.17) is 16.3 Å². The van der Waals surface area contributed by atoms with Gasteiger partial charge in [0.05, 0.1) is 12.2 Å². The maximum absolute atomic E-state index is 13.3. The quantitative estimate of drug-likeness (QED) is 0.446. The minimum atomic E-state index is -1.41. The topological polar surface area (TPSA) is 66.8 Å². The number of benzene rings is 2. The third-order valence-corrected chi connectivity index (χ3v) is 6.64. The number of rotatable bonds is 6. The van der Waals surface area contributed by atoms with Gasteiger partial charge in [-0.15, -0.1) is 0 Å². The molecule has 1 saturated carbocycles. The van der Waals surface area contributed by atoms with Crippen LogP contribution in [0.25, 0.3) is 10.4 Å². The van der Waals surface area contributed by atoms with E-state index in [1.165, 1.54) is 11.3 Å². The minimum Gasteiger partial charge on any atom is -0.449 e. The van der Waals surface area contributed by atoms with E-state index in [9.17, 15) is 14.7 Å². The molecule has 1 fully saturated rings. The highest BCUT2D eigenvalue weighted by Crippen LogP contribution is 2.45. The summed E-state index contributed by atoms with van der Waals surface area (Å²) in [6.07, 6.45) is 1.28. The lowest BCUT2D eigenvalue weighted by Crippen LogP contribution is -2.38. The van der Waals surface area contributed by atoms with Gasteiger partial charge in [0.1, 0.15) is 0 Å². The van der Waals surface area contributed by atoms with Crippen LogP contribution in [0.2, 0.25) is 5.02 Å². The summed E-state index contributed by atoms with van der Waals surface area (Å²) >= 11 is 7.56. The fourth-order valence-corrected chi connectivity index (χ4v) is 4.61. The molecule has 0 bridgehead atoms. The zero-order chi connectivity index (χ0) is 21.1. The van der Waals surface area contributed by atoms with Crippen LogP contribution in [0.1, 0.15) is 24.8 Å². The Kier molecular flexibility index (Phi) is 6.06. The molecule has 2 aromatic carbocycles. The Morgan fingerprint density at radius 2 is 1.80 bits per heavy atom. The van der Waals surface area contributed by atoms with Crippen LogP contribution >= 0.6 is 22.9 Å². The fraction of sp³-hybridized carbons (Fsp3) is 0.217. The molecule has 0 spiro atoms. The molecular formula is C23H20ClNO4S. The van der Waals surface area contributed by atoms with Crippen LogP contribution in [0.15, 0.2) is 60.7 Å². The maximum Gasteiger partial charge on any atom is 0.512 e. The van der Waals surface area contributed by atoms with Crippen molar-refractivity contribution < 1.29 is 19.4 Å². The van der Waals surface area contributed by atoms with Crippen molar-refractivity contribution in [3.05, 3.63) is 71.2 Å². The number of halogens is 1. The number of thiophene rings is 1. The summed E-state index contributed by atoms with van der Waals surface area (Å²) in [4.78, 5) is 27.1. The van der Waals surface area contributed by atoms with Crippen molar-refractivity contribution in [3.63, 3.8) is 0 Å². The highest BCUT2D eigenvalue weighted by Gasteiger charge is 2.33. The first kappa shape index (κ1) is 20.4. The minimum absolute atomic E-state index is 0.0335. The molecule has 3 aromatic rings. The second-order valence-electron chi connectivity index (χ2n) is 7.16. The van der Waals surface area contributed by atoms with Gasteiger partial charge in [-0.3, -0.25) is 4.79 Å². The number of amides is 1. The molecule has 4 rings (SSSR count). The third-order valence-electron chi connectivity index (χ3n) is 5.22. The van der Waals surface area contributed by atoms with E-state index < -0.39 is 6.16 Å². The van der Waals surface area contributed by atoms with E-state index in [-0.39, 0.29) is 23.4 Å². The van der Waals surface area contributed by atoms with E-state index in [1.807, 2.05) is 54.6 Å². The van der Waals surface area contributed by atoms with Crippen molar-refractivity contribution in [3.8, 4) is 15.5 Å². The number of nitrogens with zero attached hydrogens (tertiary/aromatic N) is 1. The van der Waals surface area contributed by atoms with Crippen LogP contribution in [-0.4, -0.2) is 17.2 Å². The zero-order valence-corrected chi connectivity index (χ0v) is 17.7. The van der Waals surface area contributed by atoms with Crippen molar-refractivity contribution in [2.75, 3.05) is 4.90 Å². The van der Waals surface area contributed by atoms with Crippen LogP contribution in [-0.2, 0) is 11.3 Å². The molecule has 1 heterocycles.